The van der Waals surface area contributed by atoms with E-state index in [-0.39, 0.29) is 11.1 Å². The Labute approximate surface area is 193 Å². The molecule has 10 nitrogen and oxygen atoms in total. The van der Waals surface area contributed by atoms with E-state index in [1.165, 1.54) is 0 Å². The van der Waals surface area contributed by atoms with Crippen LogP contribution in [-0.2, 0) is 15.6 Å². The molecule has 1 atom stereocenters. The number of carbonyl (C=O) groups excluding carboxylic acids is 1. The largest absolute Gasteiger partial charge is 0.353 e. The van der Waals surface area contributed by atoms with Crippen LogP contribution in [0.4, 0.5) is 23.1 Å². The van der Waals surface area contributed by atoms with Crippen LogP contribution in [0.25, 0.3) is 0 Å². The highest BCUT2D eigenvalue weighted by molar-refractivity contribution is 7.85. The van der Waals surface area contributed by atoms with E-state index in [9.17, 15) is 14.3 Å². The number of amides is 1. The van der Waals surface area contributed by atoms with Gasteiger partial charge in [-0.15, -0.1) is 0 Å². The maximum Gasteiger partial charge on any atom is 0.227 e. The summed E-state index contributed by atoms with van der Waals surface area (Å²) in [5.41, 5.74) is 1.08. The molecule has 4 rings (SSSR count). The first kappa shape index (κ1) is 22.4. The summed E-state index contributed by atoms with van der Waals surface area (Å²) in [7, 11) is -1.65. The van der Waals surface area contributed by atoms with E-state index in [0.29, 0.717) is 47.5 Å². The molecule has 3 heterocycles. The molecule has 1 amide bonds. The van der Waals surface area contributed by atoms with Crippen molar-refractivity contribution in [2.75, 3.05) is 28.6 Å². The third-order valence-electron chi connectivity index (χ3n) is 5.17. The number of hydrogen-bond acceptors (Lipinski definition) is 8. The zero-order chi connectivity index (χ0) is 23.6. The standard InChI is InChI=1S/C22H24N8O2S/c1-4-20(31)24-15-5-7-16(8-6-15)33(32)21-26-17(25-18-9-14(2)28-29-18)10-19(27-21)30-12-22(3,11-23)13-30/h5-10H,4,12-13H2,1-3H3,(H,24,31)(H2,25,26,27,28,29). The molecule has 1 fully saturated rings. The van der Waals surface area contributed by atoms with Crippen molar-refractivity contribution in [3.8, 4) is 6.07 Å². The van der Waals surface area contributed by atoms with Crippen LogP contribution in [0.2, 0.25) is 0 Å². The van der Waals surface area contributed by atoms with Crippen molar-refractivity contribution in [2.24, 2.45) is 5.41 Å². The Balaban J connectivity index is 1.62. The molecule has 3 aromatic rings. The second-order valence-electron chi connectivity index (χ2n) is 8.18. The first-order valence-electron chi connectivity index (χ1n) is 10.4. The molecule has 0 radical (unpaired) electrons. The number of nitrogens with one attached hydrogen (secondary N) is 3. The summed E-state index contributed by atoms with van der Waals surface area (Å²) in [6.07, 6.45) is 0.376. The lowest BCUT2D eigenvalue weighted by atomic mass is 9.84. The van der Waals surface area contributed by atoms with Crippen LogP contribution in [0.1, 0.15) is 26.0 Å². The minimum absolute atomic E-state index is 0.0943. The van der Waals surface area contributed by atoms with Crippen molar-refractivity contribution >= 4 is 39.8 Å². The van der Waals surface area contributed by atoms with Gasteiger partial charge in [-0.25, -0.2) is 14.2 Å². The molecule has 11 heteroatoms. The lowest BCUT2D eigenvalue weighted by molar-refractivity contribution is -0.115. The number of carbonyl (C=O) groups is 1. The van der Waals surface area contributed by atoms with Crippen molar-refractivity contribution in [2.45, 2.75) is 37.2 Å². The average molecular weight is 465 g/mol. The molecule has 3 N–H and O–H groups in total. The fourth-order valence-electron chi connectivity index (χ4n) is 3.38. The fourth-order valence-corrected chi connectivity index (χ4v) is 4.33. The summed E-state index contributed by atoms with van der Waals surface area (Å²) in [5, 5.41) is 22.4. The van der Waals surface area contributed by atoms with Gasteiger partial charge in [-0.2, -0.15) is 10.4 Å². The SMILES string of the molecule is CCC(=O)Nc1ccc(S(=O)c2nc(Nc3cc(C)[nH]n3)cc(N3CC(C)(C#N)C3)n2)cc1. The maximum absolute atomic E-state index is 13.3. The number of nitriles is 1. The zero-order valence-corrected chi connectivity index (χ0v) is 19.4. The normalized spacial score (nSPS) is 15.3. The summed E-state index contributed by atoms with van der Waals surface area (Å²) < 4.78 is 13.3. The number of anilines is 4. The van der Waals surface area contributed by atoms with Gasteiger partial charge in [0.2, 0.25) is 11.1 Å². The van der Waals surface area contributed by atoms with Crippen molar-refractivity contribution in [3.05, 3.63) is 42.1 Å². The monoisotopic (exact) mass is 464 g/mol. The Bertz CT molecular complexity index is 1240. The Morgan fingerprint density at radius 2 is 1.97 bits per heavy atom. The molecule has 2 aromatic heterocycles. The molecule has 33 heavy (non-hydrogen) atoms. The highest BCUT2D eigenvalue weighted by Crippen LogP contribution is 2.34. The summed E-state index contributed by atoms with van der Waals surface area (Å²) in [6, 6.07) is 12.7. The molecule has 1 aliphatic rings. The number of nitrogens with zero attached hydrogens (tertiary/aromatic N) is 5. The van der Waals surface area contributed by atoms with Crippen molar-refractivity contribution < 1.29 is 9.00 Å². The van der Waals surface area contributed by atoms with Crippen molar-refractivity contribution in [3.63, 3.8) is 0 Å². The van der Waals surface area contributed by atoms with E-state index in [0.717, 1.165) is 5.69 Å². The number of aromatic amines is 1. The van der Waals surface area contributed by atoms with Crippen LogP contribution in [0.15, 0.2) is 46.5 Å². The quantitative estimate of drug-likeness (QED) is 0.453. The molecule has 0 aliphatic carbocycles. The first-order chi connectivity index (χ1) is 15.8. The van der Waals surface area contributed by atoms with Gasteiger partial charge in [0.05, 0.1) is 11.5 Å². The van der Waals surface area contributed by atoms with Crippen LogP contribution in [0.3, 0.4) is 0 Å². The number of rotatable bonds is 7. The lowest BCUT2D eigenvalue weighted by Gasteiger charge is -2.44. The smallest absolute Gasteiger partial charge is 0.227 e. The summed E-state index contributed by atoms with van der Waals surface area (Å²) in [4.78, 5) is 23.0. The molecule has 1 aromatic carbocycles. The third-order valence-corrected chi connectivity index (χ3v) is 6.38. The zero-order valence-electron chi connectivity index (χ0n) is 18.5. The Kier molecular flexibility index (Phi) is 6.11. The van der Waals surface area contributed by atoms with Crippen molar-refractivity contribution in [1.29, 1.82) is 5.26 Å². The predicted octanol–water partition coefficient (Wildman–Crippen LogP) is 3.12. The predicted molar refractivity (Wildman–Crippen MR) is 125 cm³/mol. The topological polar surface area (TPSA) is 140 Å². The van der Waals surface area contributed by atoms with Gasteiger partial charge in [0.25, 0.3) is 0 Å². The third kappa shape index (κ3) is 5.01. The van der Waals surface area contributed by atoms with Gasteiger partial charge < -0.3 is 15.5 Å². The molecular formula is C22H24N8O2S. The van der Waals surface area contributed by atoms with Gasteiger partial charge in [0.15, 0.2) is 5.82 Å². The van der Waals surface area contributed by atoms with E-state index < -0.39 is 16.2 Å². The van der Waals surface area contributed by atoms with Crippen LogP contribution in [0, 0.1) is 23.7 Å². The molecule has 1 aliphatic heterocycles. The first-order valence-corrected chi connectivity index (χ1v) is 11.6. The number of aryl methyl sites for hydroxylation is 1. The van der Waals surface area contributed by atoms with Gasteiger partial charge in [-0.3, -0.25) is 9.89 Å². The average Bonchev–Trinajstić information content (AvgIpc) is 3.20. The van der Waals surface area contributed by atoms with Gasteiger partial charge in [0, 0.05) is 47.9 Å². The van der Waals surface area contributed by atoms with Crippen LogP contribution < -0.4 is 15.5 Å². The molecule has 0 bridgehead atoms. The molecule has 1 unspecified atom stereocenters. The number of hydrogen-bond donors (Lipinski definition) is 3. The van der Waals surface area contributed by atoms with E-state index in [4.69, 9.17) is 0 Å². The summed E-state index contributed by atoms with van der Waals surface area (Å²) in [6.45, 7) is 6.61. The minimum atomic E-state index is -1.65. The summed E-state index contributed by atoms with van der Waals surface area (Å²) in [5.74, 6) is 1.52. The van der Waals surface area contributed by atoms with Crippen LogP contribution >= 0.6 is 0 Å². The highest BCUT2D eigenvalue weighted by atomic mass is 32.2. The second kappa shape index (κ2) is 8.99. The molecule has 0 saturated carbocycles. The Morgan fingerprint density at radius 1 is 1.24 bits per heavy atom. The van der Waals surface area contributed by atoms with Gasteiger partial charge >= 0.3 is 0 Å². The summed E-state index contributed by atoms with van der Waals surface area (Å²) >= 11 is 0. The maximum atomic E-state index is 13.3. The van der Waals surface area contributed by atoms with E-state index in [2.05, 4.69) is 36.9 Å². The minimum Gasteiger partial charge on any atom is -0.353 e. The van der Waals surface area contributed by atoms with Crippen LogP contribution in [-0.4, -0.2) is 43.4 Å². The van der Waals surface area contributed by atoms with Gasteiger partial charge in [-0.05, 0) is 38.1 Å². The van der Waals surface area contributed by atoms with E-state index in [1.807, 2.05) is 24.8 Å². The van der Waals surface area contributed by atoms with Gasteiger partial charge in [-0.1, -0.05) is 6.92 Å². The molecule has 0 spiro atoms. The highest BCUT2D eigenvalue weighted by Gasteiger charge is 2.40. The fraction of sp³-hybridized carbons (Fsp3) is 0.318. The Morgan fingerprint density at radius 3 is 2.58 bits per heavy atom. The number of H-pyrrole nitrogens is 1. The number of benzene rings is 1. The van der Waals surface area contributed by atoms with E-state index in [1.54, 1.807) is 37.3 Å². The molecule has 170 valence electrons. The lowest BCUT2D eigenvalue weighted by Crippen LogP contribution is -2.54. The van der Waals surface area contributed by atoms with E-state index >= 15 is 0 Å². The molecule has 1 saturated heterocycles. The Hall–Kier alpha value is -3.78. The second-order valence-corrected chi connectivity index (χ2v) is 9.55. The molecular weight excluding hydrogens is 440 g/mol. The number of aromatic nitrogens is 4. The van der Waals surface area contributed by atoms with Crippen LogP contribution in [0.5, 0.6) is 0 Å². The van der Waals surface area contributed by atoms with Gasteiger partial charge in [0.1, 0.15) is 22.4 Å². The van der Waals surface area contributed by atoms with Crippen molar-refractivity contribution in [1.82, 2.24) is 20.2 Å².